The second-order valence-electron chi connectivity index (χ2n) is 7.44. The maximum absolute atomic E-state index is 13.1. The van der Waals surface area contributed by atoms with Gasteiger partial charge in [-0.15, -0.1) is 0 Å². The quantitative estimate of drug-likeness (QED) is 0.394. The number of carbonyl (C=O) groups is 1. The zero-order valence-electron chi connectivity index (χ0n) is 17.2. The summed E-state index contributed by atoms with van der Waals surface area (Å²) < 4.78 is 50.7. The molecule has 0 aliphatic carbocycles. The van der Waals surface area contributed by atoms with Crippen molar-refractivity contribution in [2.24, 2.45) is 5.73 Å². The van der Waals surface area contributed by atoms with E-state index in [-0.39, 0.29) is 18.7 Å². The largest absolute Gasteiger partial charge is 0.489 e. The van der Waals surface area contributed by atoms with Crippen LogP contribution in [0, 0.1) is 0 Å². The van der Waals surface area contributed by atoms with E-state index in [2.05, 4.69) is 4.98 Å². The summed E-state index contributed by atoms with van der Waals surface area (Å²) in [4.78, 5) is 14.9. The van der Waals surface area contributed by atoms with Crippen molar-refractivity contribution in [2.45, 2.75) is 25.2 Å². The number of carboxylic acid groups (broad SMARTS) is 1. The Kier molecular flexibility index (Phi) is 6.06. The van der Waals surface area contributed by atoms with Gasteiger partial charge in [0.1, 0.15) is 24.0 Å². The smallest absolute Gasteiger partial charge is 0.409 e. The molecule has 6 nitrogen and oxygen atoms in total. The molecule has 0 aliphatic rings. The fourth-order valence-electron chi connectivity index (χ4n) is 3.51. The van der Waals surface area contributed by atoms with Crippen molar-refractivity contribution in [3.8, 4) is 16.9 Å². The van der Waals surface area contributed by atoms with Gasteiger partial charge in [0.15, 0.2) is 0 Å². The number of aliphatic carboxylic acids is 1. The molecule has 1 atom stereocenters. The van der Waals surface area contributed by atoms with Crippen LogP contribution in [0.2, 0.25) is 0 Å². The molecular weight excluding hydrogens is 437 g/mol. The molecule has 2 aromatic heterocycles. The number of hydrogen-bond donors (Lipinski definition) is 2. The summed E-state index contributed by atoms with van der Waals surface area (Å²) in [6.45, 7) is 0.116. The lowest BCUT2D eigenvalue weighted by Gasteiger charge is -2.16. The van der Waals surface area contributed by atoms with E-state index in [1.165, 1.54) is 18.5 Å². The van der Waals surface area contributed by atoms with Gasteiger partial charge in [-0.2, -0.15) is 13.2 Å². The molecule has 0 unspecified atom stereocenters. The number of nitrogens with two attached hydrogens (primary N) is 1. The number of alkyl halides is 3. The molecule has 2 aromatic carbocycles. The van der Waals surface area contributed by atoms with Gasteiger partial charge in [0, 0.05) is 22.7 Å². The van der Waals surface area contributed by atoms with Gasteiger partial charge in [-0.3, -0.25) is 9.78 Å². The van der Waals surface area contributed by atoms with Gasteiger partial charge in [-0.05, 0) is 47.5 Å². The van der Waals surface area contributed by atoms with Crippen LogP contribution < -0.4 is 10.5 Å². The molecule has 3 N–H and O–H groups in total. The molecule has 4 rings (SSSR count). The van der Waals surface area contributed by atoms with E-state index in [0.717, 1.165) is 10.9 Å². The van der Waals surface area contributed by atoms with Gasteiger partial charge in [0.05, 0.1) is 18.4 Å². The molecule has 0 radical (unpaired) electrons. The van der Waals surface area contributed by atoms with E-state index in [4.69, 9.17) is 20.0 Å². The first-order valence-electron chi connectivity index (χ1n) is 9.93. The number of nitrogens with zero attached hydrogens (tertiary/aromatic N) is 1. The van der Waals surface area contributed by atoms with Crippen LogP contribution in [0.15, 0.2) is 71.5 Å². The van der Waals surface area contributed by atoms with Crippen molar-refractivity contribution in [1.29, 1.82) is 0 Å². The fraction of sp³-hybridized carbons (Fsp3) is 0.167. The lowest BCUT2D eigenvalue weighted by molar-refractivity contribution is -0.150. The Hall–Kier alpha value is -3.85. The highest BCUT2D eigenvalue weighted by atomic mass is 19.4. The fourth-order valence-corrected chi connectivity index (χ4v) is 3.51. The minimum absolute atomic E-state index is 0.116. The van der Waals surface area contributed by atoms with Gasteiger partial charge >= 0.3 is 12.1 Å². The average Bonchev–Trinajstić information content (AvgIpc) is 3.25. The van der Waals surface area contributed by atoms with Crippen LogP contribution in [0.1, 0.15) is 22.9 Å². The van der Waals surface area contributed by atoms with Crippen molar-refractivity contribution in [3.63, 3.8) is 0 Å². The maximum Gasteiger partial charge on any atom is 0.409 e. The van der Waals surface area contributed by atoms with Crippen LogP contribution in [0.3, 0.4) is 0 Å². The second kappa shape index (κ2) is 8.95. The van der Waals surface area contributed by atoms with Crippen LogP contribution in [-0.2, 0) is 17.8 Å². The molecule has 0 amide bonds. The van der Waals surface area contributed by atoms with Gasteiger partial charge in [-0.1, -0.05) is 18.2 Å². The first kappa shape index (κ1) is 22.3. The van der Waals surface area contributed by atoms with Gasteiger partial charge in [0.25, 0.3) is 0 Å². The number of hydrogen-bond acceptors (Lipinski definition) is 5. The van der Waals surface area contributed by atoms with Crippen molar-refractivity contribution in [3.05, 3.63) is 83.9 Å². The van der Waals surface area contributed by atoms with Crippen molar-refractivity contribution < 1.29 is 32.2 Å². The molecule has 0 saturated heterocycles. The minimum Gasteiger partial charge on any atom is -0.489 e. The summed E-state index contributed by atoms with van der Waals surface area (Å²) in [5.74, 6) is -0.533. The average molecular weight is 456 g/mol. The molecule has 4 aromatic rings. The standard InChI is InChI=1S/C24H19F3N2O4/c25-24(26,27)23(28)19-11-15(5-7-29-19)18-10-14(9-17-6-8-32-22(17)18)13-33-20-4-2-1-3-16(20)12-21(30)31/h1-11,23H,12-13,28H2,(H,30,31)/t23-/m1/s1. The number of fused-ring (bicyclic) bond motifs is 1. The lowest BCUT2D eigenvalue weighted by Crippen LogP contribution is -2.29. The number of carboxylic acids is 1. The first-order valence-corrected chi connectivity index (χ1v) is 9.93. The Morgan fingerprint density at radius 1 is 1.15 bits per heavy atom. The number of furan rings is 1. The molecule has 0 bridgehead atoms. The SMILES string of the molecule is N[C@H](c1cc(-c2cc(COc3ccccc3CC(=O)O)cc3ccoc23)ccn1)C(F)(F)F. The summed E-state index contributed by atoms with van der Waals surface area (Å²) in [7, 11) is 0. The molecule has 0 aliphatic heterocycles. The highest BCUT2D eigenvalue weighted by molar-refractivity contribution is 5.93. The van der Waals surface area contributed by atoms with Gasteiger partial charge in [0.2, 0.25) is 0 Å². The van der Waals surface area contributed by atoms with E-state index in [1.807, 2.05) is 6.07 Å². The Labute approximate surface area is 186 Å². The normalized spacial score (nSPS) is 12.6. The highest BCUT2D eigenvalue weighted by Gasteiger charge is 2.39. The minimum atomic E-state index is -4.62. The van der Waals surface area contributed by atoms with Gasteiger partial charge in [-0.25, -0.2) is 0 Å². The predicted molar refractivity (Wildman–Crippen MR) is 115 cm³/mol. The number of benzene rings is 2. The number of halogens is 3. The van der Waals surface area contributed by atoms with E-state index in [1.54, 1.807) is 42.5 Å². The molecule has 0 saturated carbocycles. The zero-order chi connectivity index (χ0) is 23.6. The maximum atomic E-state index is 13.1. The molecule has 2 heterocycles. The third-order valence-corrected chi connectivity index (χ3v) is 5.08. The third kappa shape index (κ3) is 4.98. The van der Waals surface area contributed by atoms with Crippen molar-refractivity contribution in [1.82, 2.24) is 4.98 Å². The van der Waals surface area contributed by atoms with E-state index < -0.39 is 18.2 Å². The topological polar surface area (TPSA) is 98.6 Å². The third-order valence-electron chi connectivity index (χ3n) is 5.08. The number of aromatic nitrogens is 1. The number of ether oxygens (including phenoxy) is 1. The van der Waals surface area contributed by atoms with Crippen LogP contribution in [0.4, 0.5) is 13.2 Å². The molecule has 0 fully saturated rings. The molecule has 9 heteroatoms. The van der Waals surface area contributed by atoms with E-state index >= 15 is 0 Å². The van der Waals surface area contributed by atoms with Crippen LogP contribution in [-0.4, -0.2) is 22.2 Å². The highest BCUT2D eigenvalue weighted by Crippen LogP contribution is 2.35. The monoisotopic (exact) mass is 456 g/mol. The molecule has 33 heavy (non-hydrogen) atoms. The molecule has 0 spiro atoms. The molecule has 170 valence electrons. The number of pyridine rings is 1. The van der Waals surface area contributed by atoms with E-state index in [0.29, 0.717) is 28.0 Å². The second-order valence-corrected chi connectivity index (χ2v) is 7.44. The van der Waals surface area contributed by atoms with E-state index in [9.17, 15) is 18.0 Å². The summed E-state index contributed by atoms with van der Waals surface area (Å²) in [5.41, 5.74) is 7.82. The number of rotatable bonds is 7. The van der Waals surface area contributed by atoms with Crippen LogP contribution in [0.25, 0.3) is 22.1 Å². The summed E-state index contributed by atoms with van der Waals surface area (Å²) in [6, 6.07) is 12.8. The first-order chi connectivity index (χ1) is 15.7. The Bertz CT molecular complexity index is 1300. The zero-order valence-corrected chi connectivity index (χ0v) is 17.2. The lowest BCUT2D eigenvalue weighted by atomic mass is 9.99. The van der Waals surface area contributed by atoms with Gasteiger partial charge < -0.3 is 20.0 Å². The Morgan fingerprint density at radius 3 is 2.70 bits per heavy atom. The molecular formula is C24H19F3N2O4. The van der Waals surface area contributed by atoms with Crippen molar-refractivity contribution >= 4 is 16.9 Å². The van der Waals surface area contributed by atoms with Crippen LogP contribution >= 0.6 is 0 Å². The van der Waals surface area contributed by atoms with Crippen molar-refractivity contribution in [2.75, 3.05) is 0 Å². The Balaban J connectivity index is 1.67. The van der Waals surface area contributed by atoms with Crippen LogP contribution in [0.5, 0.6) is 5.75 Å². The number of para-hydroxylation sites is 1. The summed E-state index contributed by atoms with van der Waals surface area (Å²) >= 11 is 0. The Morgan fingerprint density at radius 2 is 1.94 bits per heavy atom. The predicted octanol–water partition coefficient (Wildman–Crippen LogP) is 5.26. The summed E-state index contributed by atoms with van der Waals surface area (Å²) in [5, 5.41) is 9.83. The summed E-state index contributed by atoms with van der Waals surface area (Å²) in [6.07, 6.45) is -2.03.